The smallest absolute Gasteiger partial charge is 0.325 e. The van der Waals surface area contributed by atoms with E-state index < -0.39 is 0 Å². The van der Waals surface area contributed by atoms with E-state index in [2.05, 4.69) is 20.3 Å². The Morgan fingerprint density at radius 2 is 1.97 bits per heavy atom. The fourth-order valence-corrected chi connectivity index (χ4v) is 3.36. The summed E-state index contributed by atoms with van der Waals surface area (Å²) in [4.78, 5) is 22.9. The Morgan fingerprint density at radius 3 is 2.66 bits per heavy atom. The highest BCUT2D eigenvalue weighted by molar-refractivity contribution is 7.98. The van der Waals surface area contributed by atoms with E-state index in [9.17, 15) is 4.79 Å². The number of hydrogen-bond acceptors (Lipinski definition) is 4. The van der Waals surface area contributed by atoms with Crippen molar-refractivity contribution in [2.45, 2.75) is 17.6 Å². The minimum atomic E-state index is -0.261. The van der Waals surface area contributed by atoms with Crippen LogP contribution in [0.25, 0.3) is 0 Å². The van der Waals surface area contributed by atoms with Gasteiger partial charge in [0.05, 0.1) is 18.0 Å². The molecule has 0 aliphatic carbocycles. The Bertz CT molecular complexity index is 1040. The van der Waals surface area contributed by atoms with Gasteiger partial charge in [-0.25, -0.2) is 9.98 Å². The summed E-state index contributed by atoms with van der Waals surface area (Å²) in [5.41, 5.74) is 7.14. The number of aromatic amines is 1. The van der Waals surface area contributed by atoms with Crippen molar-refractivity contribution in [1.29, 1.82) is 0 Å². The number of halogens is 1. The zero-order chi connectivity index (χ0) is 20.6. The summed E-state index contributed by atoms with van der Waals surface area (Å²) < 4.78 is 5.41. The zero-order valence-corrected chi connectivity index (χ0v) is 17.3. The number of ether oxygens (including phenoxy) is 1. The fourth-order valence-electron chi connectivity index (χ4n) is 2.44. The number of nitrogens with zero attached hydrogens (tertiary/aromatic N) is 1. The molecule has 0 spiro atoms. The number of nitrogens with one attached hydrogen (secondary N) is 3. The molecule has 150 valence electrons. The standard InChI is InChI=1S/C20H20ClN5O2S/c1-2-28-16-7-5-14(6-8-16)23-19(22)26-20-24-15(11-18(27)25-20)12-29-17-9-3-13(21)4-10-17/h3-11H,2,12H2,1H3,(H4,22,23,24,25,26,27)/p+1. The molecule has 1 heterocycles. The van der Waals surface area contributed by atoms with Crippen LogP contribution in [0, 0.1) is 0 Å². The lowest BCUT2D eigenvalue weighted by Gasteiger charge is -2.05. The van der Waals surface area contributed by atoms with Gasteiger partial charge < -0.3 is 10.5 Å². The van der Waals surface area contributed by atoms with Gasteiger partial charge in [-0.2, -0.15) is 0 Å². The first-order valence-corrected chi connectivity index (χ1v) is 10.3. The molecule has 0 atom stereocenters. The molecule has 3 aromatic rings. The van der Waals surface area contributed by atoms with Crippen molar-refractivity contribution in [3.8, 4) is 5.75 Å². The lowest BCUT2D eigenvalue weighted by Crippen LogP contribution is -2.73. The second-order valence-corrected chi connectivity index (χ2v) is 7.43. The van der Waals surface area contributed by atoms with E-state index in [1.165, 1.54) is 6.07 Å². The maximum Gasteiger partial charge on any atom is 0.325 e. The van der Waals surface area contributed by atoms with Crippen LogP contribution >= 0.6 is 23.4 Å². The maximum atomic E-state index is 12.0. The van der Waals surface area contributed by atoms with Gasteiger partial charge in [0.1, 0.15) is 11.4 Å². The Kier molecular flexibility index (Phi) is 7.15. The minimum absolute atomic E-state index is 0.236. The molecule has 0 saturated heterocycles. The lowest BCUT2D eigenvalue weighted by atomic mass is 10.3. The summed E-state index contributed by atoms with van der Waals surface area (Å²) in [5.74, 6) is 1.81. The topological polar surface area (TPSA) is 107 Å². The number of guanidine groups is 1. The van der Waals surface area contributed by atoms with Crippen molar-refractivity contribution < 1.29 is 9.73 Å². The minimum Gasteiger partial charge on any atom is -0.494 e. The highest BCUT2D eigenvalue weighted by atomic mass is 35.5. The van der Waals surface area contributed by atoms with Gasteiger partial charge in [-0.15, -0.1) is 16.7 Å². The molecule has 7 nitrogen and oxygen atoms in total. The molecule has 29 heavy (non-hydrogen) atoms. The van der Waals surface area contributed by atoms with Crippen LogP contribution in [0.3, 0.4) is 0 Å². The molecule has 3 rings (SSSR count). The van der Waals surface area contributed by atoms with Crippen molar-refractivity contribution in [3.63, 3.8) is 0 Å². The third kappa shape index (κ3) is 6.55. The molecule has 0 amide bonds. The van der Waals surface area contributed by atoms with Gasteiger partial charge >= 0.3 is 5.95 Å². The van der Waals surface area contributed by atoms with Crippen molar-refractivity contribution in [3.05, 3.63) is 75.7 Å². The molecular formula is C20H21ClN5O2S+. The summed E-state index contributed by atoms with van der Waals surface area (Å²) in [6.07, 6.45) is 0. The first-order chi connectivity index (χ1) is 14.0. The van der Waals surface area contributed by atoms with E-state index >= 15 is 0 Å². The predicted molar refractivity (Wildman–Crippen MR) is 117 cm³/mol. The van der Waals surface area contributed by atoms with E-state index in [1.54, 1.807) is 11.8 Å². The molecule has 2 aromatic carbocycles. The van der Waals surface area contributed by atoms with Crippen LogP contribution in [-0.4, -0.2) is 22.5 Å². The van der Waals surface area contributed by atoms with Gasteiger partial charge in [0.2, 0.25) is 0 Å². The van der Waals surface area contributed by atoms with E-state index in [4.69, 9.17) is 22.1 Å². The second kappa shape index (κ2) is 9.99. The van der Waals surface area contributed by atoms with Crippen LogP contribution in [-0.2, 0) is 5.75 Å². The van der Waals surface area contributed by atoms with E-state index in [0.29, 0.717) is 23.1 Å². The molecule has 0 fully saturated rings. The number of nitrogens with two attached hydrogens (primary N) is 1. The molecule has 0 radical (unpaired) electrons. The molecule has 1 aromatic heterocycles. The summed E-state index contributed by atoms with van der Waals surface area (Å²) in [6, 6.07) is 16.3. The quantitative estimate of drug-likeness (QED) is 0.260. The largest absolute Gasteiger partial charge is 0.494 e. The second-order valence-electron chi connectivity index (χ2n) is 5.95. The predicted octanol–water partition coefficient (Wildman–Crippen LogP) is 2.25. The normalized spacial score (nSPS) is 11.3. The molecule has 0 saturated carbocycles. The van der Waals surface area contributed by atoms with E-state index in [0.717, 1.165) is 16.3 Å². The monoisotopic (exact) mass is 430 g/mol. The summed E-state index contributed by atoms with van der Waals surface area (Å²) in [5, 5.41) is 3.69. The fraction of sp³-hybridized carbons (Fsp3) is 0.150. The number of H-pyrrole nitrogens is 1. The van der Waals surface area contributed by atoms with Crippen LogP contribution in [0.5, 0.6) is 5.75 Å². The highest BCUT2D eigenvalue weighted by Crippen LogP contribution is 2.23. The molecule has 0 aliphatic rings. The number of anilines is 1. The SMILES string of the molecule is CCOc1ccc(NC(N)=[NH+]c2nc(CSc3ccc(Cl)cc3)cc(=O)[nH]2)cc1. The van der Waals surface area contributed by atoms with Crippen LogP contribution in [0.1, 0.15) is 12.6 Å². The Balaban J connectivity index is 1.67. The highest BCUT2D eigenvalue weighted by Gasteiger charge is 2.08. The molecule has 5 N–H and O–H groups in total. The van der Waals surface area contributed by atoms with Crippen molar-refractivity contribution >= 4 is 41.0 Å². The van der Waals surface area contributed by atoms with Gasteiger partial charge in [0.15, 0.2) is 0 Å². The van der Waals surface area contributed by atoms with Gasteiger partial charge in [-0.3, -0.25) is 10.1 Å². The number of benzene rings is 2. The summed E-state index contributed by atoms with van der Waals surface area (Å²) in [6.45, 7) is 2.53. The molecule has 0 aliphatic heterocycles. The van der Waals surface area contributed by atoms with Crippen molar-refractivity contribution in [1.82, 2.24) is 9.97 Å². The first-order valence-electron chi connectivity index (χ1n) is 8.90. The van der Waals surface area contributed by atoms with Crippen LogP contribution < -0.4 is 26.3 Å². The number of aromatic nitrogens is 2. The first kappa shape index (κ1) is 20.8. The lowest BCUT2D eigenvalue weighted by molar-refractivity contribution is -0.365. The third-order valence-electron chi connectivity index (χ3n) is 3.69. The Morgan fingerprint density at radius 1 is 1.24 bits per heavy atom. The van der Waals surface area contributed by atoms with Gasteiger partial charge in [0, 0.05) is 16.0 Å². The van der Waals surface area contributed by atoms with Gasteiger partial charge in [-0.05, 0) is 55.5 Å². The van der Waals surface area contributed by atoms with Crippen LogP contribution in [0.15, 0.2) is 64.3 Å². The number of rotatable bonds is 7. The number of hydrogen-bond donors (Lipinski definition) is 4. The van der Waals surface area contributed by atoms with Gasteiger partial charge in [0.25, 0.3) is 11.5 Å². The Labute approximate surface area is 177 Å². The molecule has 0 bridgehead atoms. The number of thioether (sulfide) groups is 1. The third-order valence-corrected chi connectivity index (χ3v) is 4.99. The van der Waals surface area contributed by atoms with E-state index in [-0.39, 0.29) is 17.5 Å². The maximum absolute atomic E-state index is 12.0. The van der Waals surface area contributed by atoms with Crippen LogP contribution in [0.4, 0.5) is 11.6 Å². The van der Waals surface area contributed by atoms with Crippen molar-refractivity contribution in [2.75, 3.05) is 11.9 Å². The average Bonchev–Trinajstić information content (AvgIpc) is 2.69. The Hall–Kier alpha value is -2.97. The zero-order valence-electron chi connectivity index (χ0n) is 15.7. The summed E-state index contributed by atoms with van der Waals surface area (Å²) in [7, 11) is 0. The van der Waals surface area contributed by atoms with Crippen molar-refractivity contribution in [2.24, 2.45) is 5.73 Å². The molecular weight excluding hydrogens is 410 g/mol. The average molecular weight is 431 g/mol. The van der Waals surface area contributed by atoms with Crippen LogP contribution in [0.2, 0.25) is 5.02 Å². The van der Waals surface area contributed by atoms with Gasteiger partial charge in [-0.1, -0.05) is 11.6 Å². The van der Waals surface area contributed by atoms with E-state index in [1.807, 2.05) is 55.5 Å². The summed E-state index contributed by atoms with van der Waals surface area (Å²) >= 11 is 7.46. The molecule has 9 heteroatoms. The molecule has 0 unspecified atom stereocenters.